The zero-order valence-electron chi connectivity index (χ0n) is 16.6. The lowest BCUT2D eigenvalue weighted by Gasteiger charge is -2.38. The average Bonchev–Trinajstić information content (AvgIpc) is 3.10. The molecule has 0 unspecified atom stereocenters. The molecule has 0 aliphatic carbocycles. The van der Waals surface area contributed by atoms with Crippen LogP contribution in [0.1, 0.15) is 54.5 Å². The molecule has 0 saturated carbocycles. The van der Waals surface area contributed by atoms with Crippen LogP contribution in [0.2, 0.25) is 0 Å². The molecule has 146 valence electrons. The van der Waals surface area contributed by atoms with Crippen LogP contribution in [-0.4, -0.2) is 57.9 Å². The third-order valence-electron chi connectivity index (χ3n) is 5.38. The van der Waals surface area contributed by atoms with E-state index in [0.29, 0.717) is 30.3 Å². The highest BCUT2D eigenvalue weighted by Crippen LogP contribution is 2.21. The third kappa shape index (κ3) is 4.75. The van der Waals surface area contributed by atoms with E-state index in [2.05, 4.69) is 21.8 Å². The number of oxazole rings is 1. The predicted octanol–water partition coefficient (Wildman–Crippen LogP) is 3.11. The van der Waals surface area contributed by atoms with Crippen LogP contribution in [0.25, 0.3) is 0 Å². The minimum atomic E-state index is -0.0365. The van der Waals surface area contributed by atoms with Gasteiger partial charge in [0.15, 0.2) is 5.89 Å². The van der Waals surface area contributed by atoms with Gasteiger partial charge >= 0.3 is 0 Å². The molecule has 1 aliphatic rings. The van der Waals surface area contributed by atoms with Crippen LogP contribution < -0.4 is 0 Å². The molecule has 0 atom stereocenters. The first kappa shape index (κ1) is 19.5. The van der Waals surface area contributed by atoms with Crippen molar-refractivity contribution < 1.29 is 9.21 Å². The van der Waals surface area contributed by atoms with Crippen molar-refractivity contribution in [2.45, 2.75) is 52.5 Å². The maximum atomic E-state index is 13.3. The Morgan fingerprint density at radius 1 is 1.30 bits per heavy atom. The van der Waals surface area contributed by atoms with Crippen LogP contribution in [0, 0.1) is 6.92 Å². The largest absolute Gasteiger partial charge is 0.435 e. The fourth-order valence-corrected chi connectivity index (χ4v) is 3.71. The van der Waals surface area contributed by atoms with Crippen molar-refractivity contribution >= 4 is 5.91 Å². The van der Waals surface area contributed by atoms with E-state index in [1.165, 1.54) is 0 Å². The van der Waals surface area contributed by atoms with Crippen molar-refractivity contribution in [2.75, 3.05) is 26.2 Å². The van der Waals surface area contributed by atoms with Gasteiger partial charge in [-0.25, -0.2) is 4.98 Å². The molecule has 1 fully saturated rings. The van der Waals surface area contributed by atoms with Gasteiger partial charge in [-0.05, 0) is 38.4 Å². The summed E-state index contributed by atoms with van der Waals surface area (Å²) in [4.78, 5) is 26.5. The van der Waals surface area contributed by atoms with Crippen molar-refractivity contribution in [1.82, 2.24) is 19.8 Å². The summed E-state index contributed by atoms with van der Waals surface area (Å²) in [6.07, 6.45) is 5.23. The molecule has 1 aliphatic heterocycles. The number of aryl methyl sites for hydroxylation is 2. The van der Waals surface area contributed by atoms with Gasteiger partial charge in [0.25, 0.3) is 5.91 Å². The number of nitrogens with zero attached hydrogens (tertiary/aromatic N) is 4. The number of rotatable bonds is 7. The Labute approximate surface area is 161 Å². The summed E-state index contributed by atoms with van der Waals surface area (Å²) in [5, 5.41) is 0. The van der Waals surface area contributed by atoms with E-state index in [1.54, 1.807) is 6.20 Å². The molecular formula is C21H30N4O2. The minimum absolute atomic E-state index is 0.0365. The second kappa shape index (κ2) is 9.13. The van der Waals surface area contributed by atoms with Gasteiger partial charge in [-0.3, -0.25) is 9.78 Å². The Bertz CT molecular complexity index is 736. The van der Waals surface area contributed by atoms with E-state index >= 15 is 0 Å². The van der Waals surface area contributed by atoms with E-state index in [4.69, 9.17) is 4.42 Å². The zero-order valence-corrected chi connectivity index (χ0v) is 16.6. The van der Waals surface area contributed by atoms with Crippen molar-refractivity contribution in [3.63, 3.8) is 0 Å². The molecule has 27 heavy (non-hydrogen) atoms. The highest BCUT2D eigenvalue weighted by atomic mass is 16.4. The topological polar surface area (TPSA) is 62.5 Å². The Morgan fingerprint density at radius 3 is 2.67 bits per heavy atom. The lowest BCUT2D eigenvalue weighted by molar-refractivity contribution is 0.0546. The first-order valence-electron chi connectivity index (χ1n) is 10.0. The fraction of sp³-hybridized carbons (Fsp3) is 0.571. The van der Waals surface area contributed by atoms with E-state index in [0.717, 1.165) is 44.6 Å². The van der Waals surface area contributed by atoms with Crippen LogP contribution in [-0.2, 0) is 12.8 Å². The summed E-state index contributed by atoms with van der Waals surface area (Å²) < 4.78 is 5.76. The summed E-state index contributed by atoms with van der Waals surface area (Å²) in [7, 11) is 0. The number of carbonyl (C=O) groups excluding carboxylic acids is 1. The Hall–Kier alpha value is -2.21. The van der Waals surface area contributed by atoms with E-state index in [-0.39, 0.29) is 11.9 Å². The lowest BCUT2D eigenvalue weighted by atomic mass is 10.0. The Morgan fingerprint density at radius 2 is 2.07 bits per heavy atom. The summed E-state index contributed by atoms with van der Waals surface area (Å²) in [6, 6.07) is 6.15. The van der Waals surface area contributed by atoms with Crippen LogP contribution in [0.15, 0.2) is 28.8 Å². The van der Waals surface area contributed by atoms with Crippen molar-refractivity contribution in [2.24, 2.45) is 0 Å². The number of likely N-dealkylation sites (tertiary alicyclic amines) is 1. The Kier molecular flexibility index (Phi) is 6.61. The molecule has 1 amide bonds. The number of hydrogen-bond acceptors (Lipinski definition) is 5. The number of pyridine rings is 1. The number of aromatic nitrogens is 2. The summed E-state index contributed by atoms with van der Waals surface area (Å²) in [5.74, 6) is 0.984. The number of carbonyl (C=O) groups is 1. The molecule has 6 nitrogen and oxygen atoms in total. The van der Waals surface area contributed by atoms with Gasteiger partial charge < -0.3 is 14.2 Å². The zero-order chi connectivity index (χ0) is 19.2. The summed E-state index contributed by atoms with van der Waals surface area (Å²) in [5.41, 5.74) is 1.69. The molecule has 0 spiro atoms. The van der Waals surface area contributed by atoms with Gasteiger partial charge in [0.05, 0.1) is 5.69 Å². The van der Waals surface area contributed by atoms with Gasteiger partial charge in [0.1, 0.15) is 0 Å². The van der Waals surface area contributed by atoms with Crippen LogP contribution in [0.4, 0.5) is 0 Å². The number of amides is 1. The third-order valence-corrected chi connectivity index (χ3v) is 5.38. The normalized spacial score (nSPS) is 15.8. The second-order valence-corrected chi connectivity index (χ2v) is 7.11. The SMILES string of the molecule is CCc1nc(C)c(C(=O)N(CCc2ccccn2)C2CCN(CC)CC2)o1. The standard InChI is InChI=1S/C21H30N4O2/c1-4-19-23-16(3)20(27-19)21(26)25(15-9-17-8-6-7-12-22-17)18-10-13-24(5-2)14-11-18/h6-8,12,18H,4-5,9-11,13-15H2,1-3H3. The van der Waals surface area contributed by atoms with Gasteiger partial charge in [0.2, 0.25) is 5.76 Å². The fourth-order valence-electron chi connectivity index (χ4n) is 3.71. The highest BCUT2D eigenvalue weighted by molar-refractivity contribution is 5.92. The molecular weight excluding hydrogens is 340 g/mol. The molecule has 6 heteroatoms. The van der Waals surface area contributed by atoms with Crippen LogP contribution in [0.5, 0.6) is 0 Å². The van der Waals surface area contributed by atoms with E-state index in [9.17, 15) is 4.79 Å². The Balaban J connectivity index is 1.77. The first-order valence-corrected chi connectivity index (χ1v) is 10.0. The van der Waals surface area contributed by atoms with Crippen molar-refractivity contribution in [3.8, 4) is 0 Å². The monoisotopic (exact) mass is 370 g/mol. The molecule has 0 N–H and O–H groups in total. The molecule has 2 aromatic heterocycles. The summed E-state index contributed by atoms with van der Waals surface area (Å²) in [6.45, 7) is 9.80. The first-order chi connectivity index (χ1) is 13.1. The maximum Gasteiger partial charge on any atom is 0.291 e. The van der Waals surface area contributed by atoms with Crippen LogP contribution in [0.3, 0.4) is 0 Å². The minimum Gasteiger partial charge on any atom is -0.435 e. The van der Waals surface area contributed by atoms with Gasteiger partial charge in [-0.2, -0.15) is 0 Å². The van der Waals surface area contributed by atoms with Crippen molar-refractivity contribution in [1.29, 1.82) is 0 Å². The van der Waals surface area contributed by atoms with Gasteiger partial charge in [-0.1, -0.05) is 19.9 Å². The maximum absolute atomic E-state index is 13.3. The molecule has 1 saturated heterocycles. The predicted molar refractivity (Wildman–Crippen MR) is 105 cm³/mol. The van der Waals surface area contributed by atoms with Gasteiger partial charge in [-0.15, -0.1) is 0 Å². The quantitative estimate of drug-likeness (QED) is 0.749. The highest BCUT2D eigenvalue weighted by Gasteiger charge is 2.31. The van der Waals surface area contributed by atoms with Gasteiger partial charge in [0, 0.05) is 50.4 Å². The molecule has 3 heterocycles. The average molecular weight is 370 g/mol. The lowest BCUT2D eigenvalue weighted by Crippen LogP contribution is -2.48. The van der Waals surface area contributed by atoms with E-state index in [1.807, 2.05) is 36.9 Å². The van der Waals surface area contributed by atoms with Crippen molar-refractivity contribution in [3.05, 3.63) is 47.4 Å². The second-order valence-electron chi connectivity index (χ2n) is 7.11. The molecule has 3 rings (SSSR count). The summed E-state index contributed by atoms with van der Waals surface area (Å²) >= 11 is 0. The molecule has 0 aromatic carbocycles. The number of piperidine rings is 1. The molecule has 0 bridgehead atoms. The molecule has 0 radical (unpaired) electrons. The number of hydrogen-bond donors (Lipinski definition) is 0. The van der Waals surface area contributed by atoms with Crippen LogP contribution >= 0.6 is 0 Å². The molecule has 2 aromatic rings. The van der Waals surface area contributed by atoms with E-state index < -0.39 is 0 Å². The smallest absolute Gasteiger partial charge is 0.291 e.